The number of morpholine rings is 1. The van der Waals surface area contributed by atoms with Gasteiger partial charge in [-0.3, -0.25) is 14.8 Å². The van der Waals surface area contributed by atoms with Gasteiger partial charge in [0.25, 0.3) is 0 Å². The lowest BCUT2D eigenvalue weighted by Crippen LogP contribution is -2.44. The van der Waals surface area contributed by atoms with Gasteiger partial charge in [0.1, 0.15) is 0 Å². The van der Waals surface area contributed by atoms with Gasteiger partial charge < -0.3 is 15.4 Å². The van der Waals surface area contributed by atoms with Crippen LogP contribution in [0.5, 0.6) is 0 Å². The Morgan fingerprint density at radius 2 is 1.70 bits per heavy atom. The van der Waals surface area contributed by atoms with Crippen LogP contribution in [0.4, 0.5) is 0 Å². The molecule has 33 heavy (non-hydrogen) atoms. The topological polar surface area (TPSA) is 52.1 Å². The Morgan fingerprint density at radius 3 is 2.42 bits per heavy atom. The maximum Gasteiger partial charge on any atom is 0.191 e. The standard InChI is InChI=1S/C26H37N5O.HI/c1-21-16-25(20-31(21)18-22-8-4-3-5-9-22)29-26(27-2)28-17-23-10-6-7-11-24(23)19-30-12-14-32-15-13-30;/h3-11,21,25H,12-20H2,1-2H3,(H2,27,28,29);1H. The molecule has 0 radical (unpaired) electrons. The Hall–Kier alpha value is -1.68. The summed E-state index contributed by atoms with van der Waals surface area (Å²) < 4.78 is 5.49. The number of likely N-dealkylation sites (tertiary alicyclic amines) is 1. The quantitative estimate of drug-likeness (QED) is 0.307. The first-order chi connectivity index (χ1) is 15.7. The molecular weight excluding hydrogens is 525 g/mol. The van der Waals surface area contributed by atoms with E-state index in [-0.39, 0.29) is 24.0 Å². The molecule has 2 unspecified atom stereocenters. The van der Waals surface area contributed by atoms with Crippen LogP contribution in [0.25, 0.3) is 0 Å². The highest BCUT2D eigenvalue weighted by Crippen LogP contribution is 2.20. The second kappa shape index (κ2) is 13.3. The van der Waals surface area contributed by atoms with Crippen molar-refractivity contribution in [1.29, 1.82) is 0 Å². The fourth-order valence-electron chi connectivity index (χ4n) is 4.69. The van der Waals surface area contributed by atoms with Crippen molar-refractivity contribution in [3.8, 4) is 0 Å². The molecule has 2 atom stereocenters. The first-order valence-electron chi connectivity index (χ1n) is 11.8. The van der Waals surface area contributed by atoms with Crippen molar-refractivity contribution >= 4 is 29.9 Å². The number of guanidine groups is 1. The first-order valence-corrected chi connectivity index (χ1v) is 11.8. The van der Waals surface area contributed by atoms with Gasteiger partial charge >= 0.3 is 0 Å². The van der Waals surface area contributed by atoms with E-state index in [1.165, 1.54) is 16.7 Å². The van der Waals surface area contributed by atoms with Gasteiger partial charge in [0.05, 0.1) is 13.2 Å². The summed E-state index contributed by atoms with van der Waals surface area (Å²) in [6.45, 7) is 9.77. The minimum Gasteiger partial charge on any atom is -0.379 e. The van der Waals surface area contributed by atoms with Crippen molar-refractivity contribution in [3.63, 3.8) is 0 Å². The van der Waals surface area contributed by atoms with Crippen molar-refractivity contribution in [3.05, 3.63) is 71.3 Å². The number of hydrogen-bond donors (Lipinski definition) is 2. The first kappa shape index (κ1) is 25.9. The van der Waals surface area contributed by atoms with Crippen LogP contribution in [0, 0.1) is 0 Å². The van der Waals surface area contributed by atoms with E-state index in [0.717, 1.165) is 64.9 Å². The number of halogens is 1. The largest absolute Gasteiger partial charge is 0.379 e. The molecule has 2 aromatic rings. The Labute approximate surface area is 215 Å². The summed E-state index contributed by atoms with van der Waals surface area (Å²) in [5, 5.41) is 7.20. The van der Waals surface area contributed by atoms with E-state index >= 15 is 0 Å². The SMILES string of the molecule is CN=C(NCc1ccccc1CN1CCOCC1)NC1CC(C)N(Cc2ccccc2)C1.I. The molecule has 0 spiro atoms. The minimum absolute atomic E-state index is 0. The molecule has 0 aromatic heterocycles. The van der Waals surface area contributed by atoms with Gasteiger partial charge in [-0.2, -0.15) is 0 Å². The minimum atomic E-state index is 0. The maximum atomic E-state index is 5.49. The molecule has 2 aliphatic heterocycles. The van der Waals surface area contributed by atoms with Gasteiger partial charge in [0.2, 0.25) is 0 Å². The molecule has 2 saturated heterocycles. The molecule has 2 N–H and O–H groups in total. The number of nitrogens with one attached hydrogen (secondary N) is 2. The number of nitrogens with zero attached hydrogens (tertiary/aromatic N) is 3. The molecule has 7 heteroatoms. The number of rotatable bonds is 7. The van der Waals surface area contributed by atoms with E-state index < -0.39 is 0 Å². The van der Waals surface area contributed by atoms with E-state index in [1.807, 2.05) is 7.05 Å². The zero-order valence-electron chi connectivity index (χ0n) is 19.9. The third kappa shape index (κ3) is 7.67. The monoisotopic (exact) mass is 563 g/mol. The molecule has 0 bridgehead atoms. The van der Waals surface area contributed by atoms with Gasteiger partial charge in [0, 0.05) is 58.4 Å². The summed E-state index contributed by atoms with van der Waals surface area (Å²) in [6, 6.07) is 20.4. The number of hydrogen-bond acceptors (Lipinski definition) is 4. The van der Waals surface area contributed by atoms with Crippen molar-refractivity contribution in [2.45, 2.75) is 45.1 Å². The third-order valence-electron chi connectivity index (χ3n) is 6.56. The lowest BCUT2D eigenvalue weighted by Gasteiger charge is -2.27. The lowest BCUT2D eigenvalue weighted by molar-refractivity contribution is 0.0341. The van der Waals surface area contributed by atoms with Crippen LogP contribution in [0.15, 0.2) is 59.6 Å². The van der Waals surface area contributed by atoms with Gasteiger partial charge in [-0.25, -0.2) is 0 Å². The van der Waals surface area contributed by atoms with Gasteiger partial charge in [-0.1, -0.05) is 54.6 Å². The van der Waals surface area contributed by atoms with Crippen molar-refractivity contribution < 1.29 is 4.74 Å². The molecule has 6 nitrogen and oxygen atoms in total. The smallest absolute Gasteiger partial charge is 0.191 e. The van der Waals surface area contributed by atoms with Crippen LogP contribution in [0.2, 0.25) is 0 Å². The number of aliphatic imine (C=N–C) groups is 1. The highest BCUT2D eigenvalue weighted by atomic mass is 127. The van der Waals surface area contributed by atoms with Crippen molar-refractivity contribution in [2.24, 2.45) is 4.99 Å². The van der Waals surface area contributed by atoms with Crippen LogP contribution in [0.3, 0.4) is 0 Å². The molecule has 0 saturated carbocycles. The summed E-state index contributed by atoms with van der Waals surface area (Å²) in [5.41, 5.74) is 4.08. The molecule has 2 aliphatic rings. The molecule has 2 aromatic carbocycles. The summed E-state index contributed by atoms with van der Waals surface area (Å²) in [6.07, 6.45) is 1.13. The van der Waals surface area contributed by atoms with Gasteiger partial charge in [-0.05, 0) is 30.0 Å². The molecule has 2 fully saturated rings. The molecular formula is C26H38IN5O. The molecule has 0 aliphatic carbocycles. The zero-order chi connectivity index (χ0) is 22.2. The molecule has 180 valence electrons. The van der Waals surface area contributed by atoms with Gasteiger partial charge in [0.15, 0.2) is 5.96 Å². The Kier molecular flexibility index (Phi) is 10.4. The predicted molar refractivity (Wildman–Crippen MR) is 146 cm³/mol. The summed E-state index contributed by atoms with van der Waals surface area (Å²) >= 11 is 0. The maximum absolute atomic E-state index is 5.49. The van der Waals surface area contributed by atoms with Crippen LogP contribution >= 0.6 is 24.0 Å². The fourth-order valence-corrected chi connectivity index (χ4v) is 4.69. The van der Waals surface area contributed by atoms with E-state index in [1.54, 1.807) is 0 Å². The second-order valence-electron chi connectivity index (χ2n) is 8.92. The predicted octanol–water partition coefficient (Wildman–Crippen LogP) is 3.46. The van der Waals surface area contributed by atoms with E-state index in [4.69, 9.17) is 4.74 Å². The average Bonchev–Trinajstić information content (AvgIpc) is 3.17. The van der Waals surface area contributed by atoms with E-state index in [2.05, 4.69) is 86.9 Å². The van der Waals surface area contributed by atoms with Crippen molar-refractivity contribution in [1.82, 2.24) is 20.4 Å². The summed E-state index contributed by atoms with van der Waals surface area (Å²) in [4.78, 5) is 9.52. The highest BCUT2D eigenvalue weighted by molar-refractivity contribution is 14.0. The Morgan fingerprint density at radius 1 is 1.00 bits per heavy atom. The van der Waals surface area contributed by atoms with Crippen LogP contribution < -0.4 is 10.6 Å². The summed E-state index contributed by atoms with van der Waals surface area (Å²) in [7, 11) is 1.86. The Balaban J connectivity index is 0.00000306. The highest BCUT2D eigenvalue weighted by Gasteiger charge is 2.29. The Bertz CT molecular complexity index is 872. The lowest BCUT2D eigenvalue weighted by atomic mass is 10.1. The van der Waals surface area contributed by atoms with E-state index in [0.29, 0.717) is 12.1 Å². The normalized spacial score (nSPS) is 22.1. The second-order valence-corrected chi connectivity index (χ2v) is 8.92. The average molecular weight is 564 g/mol. The zero-order valence-corrected chi connectivity index (χ0v) is 22.2. The van der Waals surface area contributed by atoms with Gasteiger partial charge in [-0.15, -0.1) is 24.0 Å². The van der Waals surface area contributed by atoms with Crippen LogP contribution in [-0.4, -0.2) is 67.7 Å². The van der Waals surface area contributed by atoms with Crippen molar-refractivity contribution in [2.75, 3.05) is 39.9 Å². The van der Waals surface area contributed by atoms with Crippen LogP contribution in [-0.2, 0) is 24.4 Å². The molecule has 4 rings (SSSR count). The number of ether oxygens (including phenoxy) is 1. The molecule has 2 heterocycles. The van der Waals surface area contributed by atoms with Crippen LogP contribution in [0.1, 0.15) is 30.0 Å². The van der Waals surface area contributed by atoms with E-state index in [9.17, 15) is 0 Å². The summed E-state index contributed by atoms with van der Waals surface area (Å²) in [5.74, 6) is 0.880. The fraction of sp³-hybridized carbons (Fsp3) is 0.500. The number of benzene rings is 2. The third-order valence-corrected chi connectivity index (χ3v) is 6.56. The molecule has 0 amide bonds.